The van der Waals surface area contributed by atoms with Gasteiger partial charge in [0.1, 0.15) is 11.5 Å². The monoisotopic (exact) mass is 258 g/mol. The maximum atomic E-state index is 11.9. The summed E-state index contributed by atoms with van der Waals surface area (Å²) in [5.74, 6) is 0.272. The molecular weight excluding hydrogens is 244 g/mol. The molecule has 0 saturated carbocycles. The Kier molecular flexibility index (Phi) is 3.82. The van der Waals surface area contributed by atoms with E-state index in [-0.39, 0.29) is 5.76 Å². The summed E-state index contributed by atoms with van der Waals surface area (Å²) in [5, 5.41) is 9.36. The van der Waals surface area contributed by atoms with E-state index in [9.17, 15) is 9.90 Å². The first kappa shape index (κ1) is 13.1. The van der Waals surface area contributed by atoms with Gasteiger partial charge in [-0.1, -0.05) is 24.8 Å². The van der Waals surface area contributed by atoms with Gasteiger partial charge in [-0.25, -0.2) is 4.79 Å². The molecule has 0 fully saturated rings. The Morgan fingerprint density at radius 3 is 2.68 bits per heavy atom. The van der Waals surface area contributed by atoms with Crippen LogP contribution in [0.4, 0.5) is 0 Å². The molecule has 98 valence electrons. The highest BCUT2D eigenvalue weighted by Crippen LogP contribution is 2.17. The lowest BCUT2D eigenvalue weighted by atomic mass is 10.1. The zero-order chi connectivity index (χ0) is 13.8. The number of rotatable bonds is 3. The van der Waals surface area contributed by atoms with Gasteiger partial charge in [-0.3, -0.25) is 0 Å². The van der Waals surface area contributed by atoms with Crippen molar-refractivity contribution in [2.45, 2.75) is 13.2 Å². The molecule has 1 aromatic rings. The van der Waals surface area contributed by atoms with E-state index in [1.165, 1.54) is 6.08 Å². The van der Waals surface area contributed by atoms with Crippen LogP contribution in [-0.2, 0) is 9.47 Å². The van der Waals surface area contributed by atoms with E-state index in [1.54, 1.807) is 43.3 Å². The molecule has 0 aromatic heterocycles. The van der Waals surface area contributed by atoms with Crippen LogP contribution in [0.3, 0.4) is 0 Å². The third-order valence-corrected chi connectivity index (χ3v) is 2.55. The van der Waals surface area contributed by atoms with Gasteiger partial charge >= 0.3 is 5.97 Å². The molecule has 0 bridgehead atoms. The highest BCUT2D eigenvalue weighted by atomic mass is 16.6. The molecule has 1 aliphatic heterocycles. The van der Waals surface area contributed by atoms with Crippen LogP contribution >= 0.6 is 0 Å². The minimum atomic E-state index is -1.09. The van der Waals surface area contributed by atoms with Crippen LogP contribution in [0.15, 0.2) is 54.5 Å². The van der Waals surface area contributed by atoms with Crippen molar-refractivity contribution in [2.24, 2.45) is 0 Å². The molecule has 4 heteroatoms. The molecule has 0 saturated heterocycles. The summed E-state index contributed by atoms with van der Waals surface area (Å²) in [6.45, 7) is 5.31. The maximum Gasteiger partial charge on any atom is 0.343 e. The van der Waals surface area contributed by atoms with Crippen LogP contribution in [0.5, 0.6) is 0 Å². The summed E-state index contributed by atoms with van der Waals surface area (Å²) >= 11 is 0. The topological polar surface area (TPSA) is 55.8 Å². The SMILES string of the molecule is C=Cc1ccc(C(=O)OC2=CC(O)OC(C)=C2)cc1. The Labute approximate surface area is 111 Å². The third-order valence-electron chi connectivity index (χ3n) is 2.55. The predicted molar refractivity (Wildman–Crippen MR) is 70.9 cm³/mol. The van der Waals surface area contributed by atoms with E-state index >= 15 is 0 Å². The number of esters is 1. The quantitative estimate of drug-likeness (QED) is 0.847. The van der Waals surface area contributed by atoms with Crippen LogP contribution in [0.25, 0.3) is 6.08 Å². The Morgan fingerprint density at radius 1 is 1.42 bits per heavy atom. The summed E-state index contributed by atoms with van der Waals surface area (Å²) in [6, 6.07) is 6.87. The molecule has 0 radical (unpaired) electrons. The van der Waals surface area contributed by atoms with Crippen LogP contribution in [0.2, 0.25) is 0 Å². The fraction of sp³-hybridized carbons (Fsp3) is 0.133. The number of hydrogen-bond acceptors (Lipinski definition) is 4. The van der Waals surface area contributed by atoms with Crippen molar-refractivity contribution in [2.75, 3.05) is 0 Å². The number of carbonyl (C=O) groups is 1. The number of ether oxygens (including phenoxy) is 2. The Hall–Kier alpha value is -2.33. The van der Waals surface area contributed by atoms with E-state index in [1.807, 2.05) is 0 Å². The Bertz CT molecular complexity index is 552. The van der Waals surface area contributed by atoms with E-state index in [4.69, 9.17) is 9.47 Å². The van der Waals surface area contributed by atoms with Gasteiger partial charge < -0.3 is 14.6 Å². The Balaban J connectivity index is 2.10. The van der Waals surface area contributed by atoms with Gasteiger partial charge in [0.15, 0.2) is 0 Å². The molecule has 0 amide bonds. The molecular formula is C15H14O4. The van der Waals surface area contributed by atoms with Crippen LogP contribution in [0.1, 0.15) is 22.8 Å². The molecule has 4 nitrogen and oxygen atoms in total. The van der Waals surface area contributed by atoms with E-state index in [0.29, 0.717) is 11.3 Å². The first-order valence-electron chi connectivity index (χ1n) is 5.78. The van der Waals surface area contributed by atoms with E-state index < -0.39 is 12.3 Å². The van der Waals surface area contributed by atoms with Gasteiger partial charge in [0.25, 0.3) is 0 Å². The number of benzene rings is 1. The first-order chi connectivity index (χ1) is 9.08. The zero-order valence-electron chi connectivity index (χ0n) is 10.5. The van der Waals surface area contributed by atoms with Crippen LogP contribution < -0.4 is 0 Å². The summed E-state index contributed by atoms with van der Waals surface area (Å²) in [5.41, 5.74) is 1.35. The van der Waals surface area contributed by atoms with Crippen molar-refractivity contribution in [1.82, 2.24) is 0 Å². The van der Waals surface area contributed by atoms with Gasteiger partial charge in [0.05, 0.1) is 5.56 Å². The second kappa shape index (κ2) is 5.54. The van der Waals surface area contributed by atoms with Gasteiger partial charge in [0.2, 0.25) is 6.29 Å². The van der Waals surface area contributed by atoms with E-state index in [0.717, 1.165) is 5.56 Å². The van der Waals surface area contributed by atoms with Crippen LogP contribution in [0, 0.1) is 0 Å². The summed E-state index contributed by atoms with van der Waals surface area (Å²) in [7, 11) is 0. The molecule has 1 aliphatic rings. The molecule has 2 rings (SSSR count). The van der Waals surface area contributed by atoms with E-state index in [2.05, 4.69) is 6.58 Å². The lowest BCUT2D eigenvalue weighted by Gasteiger charge is -2.17. The molecule has 1 aromatic carbocycles. The van der Waals surface area contributed by atoms with Crippen molar-refractivity contribution in [1.29, 1.82) is 0 Å². The minimum absolute atomic E-state index is 0.272. The van der Waals surface area contributed by atoms with Crippen molar-refractivity contribution < 1.29 is 19.4 Å². The second-order valence-electron chi connectivity index (χ2n) is 4.05. The third kappa shape index (κ3) is 3.33. The smallest absolute Gasteiger partial charge is 0.343 e. The van der Waals surface area contributed by atoms with Crippen molar-refractivity contribution >= 4 is 12.0 Å². The average molecular weight is 258 g/mol. The molecule has 0 spiro atoms. The zero-order valence-corrected chi connectivity index (χ0v) is 10.5. The predicted octanol–water partition coefficient (Wildman–Crippen LogP) is 2.62. The summed E-state index contributed by atoms with van der Waals surface area (Å²) < 4.78 is 10.1. The van der Waals surface area contributed by atoms with Gasteiger partial charge in [0, 0.05) is 12.2 Å². The van der Waals surface area contributed by atoms with Gasteiger partial charge in [-0.2, -0.15) is 0 Å². The first-order valence-corrected chi connectivity index (χ1v) is 5.78. The highest BCUT2D eigenvalue weighted by molar-refractivity contribution is 5.90. The molecule has 1 heterocycles. The molecule has 1 N–H and O–H groups in total. The largest absolute Gasteiger partial charge is 0.466 e. The highest BCUT2D eigenvalue weighted by Gasteiger charge is 2.15. The molecule has 19 heavy (non-hydrogen) atoms. The number of aliphatic hydroxyl groups is 1. The average Bonchev–Trinajstić information content (AvgIpc) is 2.37. The van der Waals surface area contributed by atoms with Gasteiger partial charge in [-0.05, 0) is 24.6 Å². The fourth-order valence-electron chi connectivity index (χ4n) is 1.63. The van der Waals surface area contributed by atoms with Gasteiger partial charge in [-0.15, -0.1) is 0 Å². The van der Waals surface area contributed by atoms with Crippen molar-refractivity contribution in [3.63, 3.8) is 0 Å². The second-order valence-corrected chi connectivity index (χ2v) is 4.05. The fourth-order valence-corrected chi connectivity index (χ4v) is 1.63. The van der Waals surface area contributed by atoms with Crippen LogP contribution in [-0.4, -0.2) is 17.4 Å². The lowest BCUT2D eigenvalue weighted by Crippen LogP contribution is -2.15. The Morgan fingerprint density at radius 2 is 2.11 bits per heavy atom. The molecule has 1 atom stereocenters. The summed E-state index contributed by atoms with van der Waals surface area (Å²) in [4.78, 5) is 11.9. The minimum Gasteiger partial charge on any atom is -0.466 e. The normalized spacial score (nSPS) is 17.9. The number of hydrogen-bond donors (Lipinski definition) is 1. The number of aliphatic hydroxyl groups excluding tert-OH is 1. The number of carbonyl (C=O) groups excluding carboxylic acids is 1. The number of allylic oxidation sites excluding steroid dienone is 2. The molecule has 0 aliphatic carbocycles. The van der Waals surface area contributed by atoms with Crippen molar-refractivity contribution in [3.05, 3.63) is 65.6 Å². The standard InChI is InChI=1S/C15H14O4/c1-3-11-4-6-12(7-5-11)15(17)19-13-8-10(2)18-14(16)9-13/h3-9,14,16H,1H2,2H3. The maximum absolute atomic E-state index is 11.9. The lowest BCUT2D eigenvalue weighted by molar-refractivity contribution is -0.0323. The molecule has 1 unspecified atom stereocenters. The summed E-state index contributed by atoms with van der Waals surface area (Å²) in [6.07, 6.45) is 3.47. The van der Waals surface area contributed by atoms with Crippen molar-refractivity contribution in [3.8, 4) is 0 Å².